The maximum Gasteiger partial charge on any atom is 0.416 e. The maximum atomic E-state index is 13.2. The Hall–Kier alpha value is -3.52. The van der Waals surface area contributed by atoms with Crippen molar-refractivity contribution in [1.82, 2.24) is 9.80 Å². The van der Waals surface area contributed by atoms with Gasteiger partial charge in [0, 0.05) is 36.4 Å². The highest BCUT2D eigenvalue weighted by Crippen LogP contribution is 2.31. The van der Waals surface area contributed by atoms with Crippen LogP contribution in [0.25, 0.3) is 0 Å². The van der Waals surface area contributed by atoms with E-state index in [-0.39, 0.29) is 49.3 Å². The second kappa shape index (κ2) is 12.3. The van der Waals surface area contributed by atoms with E-state index in [4.69, 9.17) is 4.74 Å². The van der Waals surface area contributed by atoms with Gasteiger partial charge in [-0.2, -0.15) is 13.2 Å². The summed E-state index contributed by atoms with van der Waals surface area (Å²) in [5.74, 6) is -0.276. The van der Waals surface area contributed by atoms with Gasteiger partial charge in [-0.3, -0.25) is 9.52 Å². The van der Waals surface area contributed by atoms with Crippen molar-refractivity contribution in [2.24, 2.45) is 5.92 Å². The highest BCUT2D eigenvalue weighted by Gasteiger charge is 2.32. The fourth-order valence-electron chi connectivity index (χ4n) is 4.24. The van der Waals surface area contributed by atoms with Crippen molar-refractivity contribution < 1.29 is 41.0 Å². The molecule has 1 heterocycles. The Bertz CT molecular complexity index is 1320. The van der Waals surface area contributed by atoms with Crippen LogP contribution in [0.4, 0.5) is 29.3 Å². The van der Waals surface area contributed by atoms with Crippen molar-refractivity contribution in [1.29, 1.82) is 0 Å². The summed E-state index contributed by atoms with van der Waals surface area (Å²) in [6, 6.07) is 7.52. The number of ether oxygens (including phenoxy) is 1. The number of sulfonamides is 1. The van der Waals surface area contributed by atoms with Crippen LogP contribution in [-0.2, 0) is 27.4 Å². The molecule has 0 aromatic heterocycles. The number of anilines is 2. The first kappa shape index (κ1) is 31.0. The molecule has 3 atom stereocenters. The van der Waals surface area contributed by atoms with Gasteiger partial charge in [0.25, 0.3) is 0 Å². The molecule has 10 nitrogen and oxygen atoms in total. The molecular formula is C26H33F3N4O6S. The average molecular weight is 587 g/mol. The van der Waals surface area contributed by atoms with Crippen molar-refractivity contribution in [3.63, 3.8) is 0 Å². The molecule has 1 aliphatic rings. The summed E-state index contributed by atoms with van der Waals surface area (Å²) < 4.78 is 70.6. The van der Waals surface area contributed by atoms with Crippen LogP contribution in [0.5, 0.6) is 5.75 Å². The third-order valence-electron chi connectivity index (χ3n) is 6.48. The minimum Gasteiger partial charge on any atom is -0.488 e. The molecule has 40 heavy (non-hydrogen) atoms. The van der Waals surface area contributed by atoms with Crippen LogP contribution in [-0.4, -0.2) is 80.4 Å². The van der Waals surface area contributed by atoms with Crippen LogP contribution in [0.3, 0.4) is 0 Å². The number of alkyl halides is 3. The number of urea groups is 1. The third kappa shape index (κ3) is 8.24. The number of amides is 3. The number of aliphatic hydroxyl groups is 1. The molecule has 0 unspecified atom stereocenters. The quantitative estimate of drug-likeness (QED) is 0.457. The highest BCUT2D eigenvalue weighted by atomic mass is 32.2. The molecule has 3 N–H and O–H groups in total. The smallest absolute Gasteiger partial charge is 0.416 e. The maximum absolute atomic E-state index is 13.2. The Morgan fingerprint density at radius 3 is 2.40 bits per heavy atom. The van der Waals surface area contributed by atoms with Gasteiger partial charge in [0.2, 0.25) is 15.9 Å². The highest BCUT2D eigenvalue weighted by molar-refractivity contribution is 7.92. The van der Waals surface area contributed by atoms with Crippen molar-refractivity contribution in [2.75, 3.05) is 43.0 Å². The van der Waals surface area contributed by atoms with Gasteiger partial charge < -0.3 is 25.0 Å². The Kier molecular flexibility index (Phi) is 9.56. The summed E-state index contributed by atoms with van der Waals surface area (Å²) in [6.07, 6.45) is -4.24. The van der Waals surface area contributed by atoms with Crippen molar-refractivity contribution >= 4 is 33.3 Å². The average Bonchev–Trinajstić information content (AvgIpc) is 2.90. The predicted molar refractivity (Wildman–Crippen MR) is 144 cm³/mol. The number of aliphatic hydroxyl groups excluding tert-OH is 1. The van der Waals surface area contributed by atoms with E-state index in [1.807, 2.05) is 6.92 Å². The van der Waals surface area contributed by atoms with E-state index in [9.17, 15) is 36.3 Å². The Labute approximate surface area is 231 Å². The zero-order valence-electron chi connectivity index (χ0n) is 22.5. The van der Waals surface area contributed by atoms with Crippen molar-refractivity contribution in [3.8, 4) is 5.75 Å². The first-order valence-corrected chi connectivity index (χ1v) is 14.3. The Morgan fingerprint density at radius 1 is 1.20 bits per heavy atom. The Balaban J connectivity index is 1.85. The summed E-state index contributed by atoms with van der Waals surface area (Å²) >= 11 is 0. The lowest BCUT2D eigenvalue weighted by Crippen LogP contribution is -2.48. The third-order valence-corrected chi connectivity index (χ3v) is 7.09. The predicted octanol–water partition coefficient (Wildman–Crippen LogP) is 3.39. The summed E-state index contributed by atoms with van der Waals surface area (Å²) in [7, 11) is -2.07. The Morgan fingerprint density at radius 2 is 1.82 bits per heavy atom. The lowest BCUT2D eigenvalue weighted by atomic mass is 10.0. The van der Waals surface area contributed by atoms with Crippen LogP contribution in [0, 0.1) is 5.92 Å². The normalized spacial score (nSPS) is 18.9. The van der Waals surface area contributed by atoms with Crippen LogP contribution in [0.1, 0.15) is 25.0 Å². The second-order valence-corrected chi connectivity index (χ2v) is 11.7. The number of hydrogen-bond acceptors (Lipinski definition) is 6. The SMILES string of the molecule is C[C@H]1CN([C@@H](C)CO)C(=O)Cc2cc(NS(C)(=O)=O)ccc2O[C@H]1CN(C)C(=O)Nc1ccc(C(F)(F)F)cc1. The number of rotatable bonds is 7. The number of benzene rings is 2. The van der Waals surface area contributed by atoms with Gasteiger partial charge in [0.1, 0.15) is 11.9 Å². The summed E-state index contributed by atoms with van der Waals surface area (Å²) in [5.41, 5.74) is 0.00977. The van der Waals surface area contributed by atoms with E-state index in [1.54, 1.807) is 13.0 Å². The van der Waals surface area contributed by atoms with Crippen LogP contribution >= 0.6 is 0 Å². The molecule has 3 amide bonds. The monoisotopic (exact) mass is 586 g/mol. The molecule has 3 rings (SSSR count). The zero-order chi connectivity index (χ0) is 29.8. The zero-order valence-corrected chi connectivity index (χ0v) is 23.3. The van der Waals surface area contributed by atoms with E-state index in [1.165, 1.54) is 29.0 Å². The number of halogens is 3. The first-order chi connectivity index (χ1) is 18.6. The van der Waals surface area contributed by atoms with Crippen molar-refractivity contribution in [2.45, 2.75) is 38.6 Å². The van der Waals surface area contributed by atoms with Gasteiger partial charge in [-0.1, -0.05) is 6.92 Å². The molecule has 0 fully saturated rings. The number of nitrogens with zero attached hydrogens (tertiary/aromatic N) is 2. The molecule has 0 radical (unpaired) electrons. The van der Waals surface area contributed by atoms with E-state index < -0.39 is 39.9 Å². The number of fused-ring (bicyclic) bond motifs is 1. The second-order valence-electron chi connectivity index (χ2n) is 9.97. The molecule has 1 aliphatic heterocycles. The molecule has 0 bridgehead atoms. The topological polar surface area (TPSA) is 128 Å². The van der Waals surface area contributed by atoms with Gasteiger partial charge in [-0.15, -0.1) is 0 Å². The first-order valence-electron chi connectivity index (χ1n) is 12.4. The lowest BCUT2D eigenvalue weighted by molar-refractivity contribution is -0.137. The number of hydrogen-bond donors (Lipinski definition) is 3. The summed E-state index contributed by atoms with van der Waals surface area (Å²) in [6.45, 7) is 3.52. The van der Waals surface area contributed by atoms with Gasteiger partial charge in [-0.25, -0.2) is 13.2 Å². The van der Waals surface area contributed by atoms with Gasteiger partial charge in [0.15, 0.2) is 0 Å². The molecule has 2 aromatic carbocycles. The van der Waals surface area contributed by atoms with Crippen LogP contribution < -0.4 is 14.8 Å². The van der Waals surface area contributed by atoms with Crippen LogP contribution in [0.15, 0.2) is 42.5 Å². The molecule has 14 heteroatoms. The number of nitrogens with one attached hydrogen (secondary N) is 2. The summed E-state index contributed by atoms with van der Waals surface area (Å²) in [5, 5.41) is 12.3. The molecule has 2 aromatic rings. The molecule has 0 saturated heterocycles. The van der Waals surface area contributed by atoms with Gasteiger partial charge in [0.05, 0.1) is 37.4 Å². The lowest BCUT2D eigenvalue weighted by Gasteiger charge is -2.34. The molecule has 220 valence electrons. The molecule has 0 saturated carbocycles. The number of carbonyl (C=O) groups is 2. The number of carbonyl (C=O) groups excluding carboxylic acids is 2. The van der Waals surface area contributed by atoms with Crippen LogP contribution in [0.2, 0.25) is 0 Å². The van der Waals surface area contributed by atoms with Crippen molar-refractivity contribution in [3.05, 3.63) is 53.6 Å². The fourth-order valence-corrected chi connectivity index (χ4v) is 4.79. The van der Waals surface area contributed by atoms with E-state index in [0.29, 0.717) is 11.3 Å². The van der Waals surface area contributed by atoms with Gasteiger partial charge in [-0.05, 0) is 49.4 Å². The minimum absolute atomic E-state index is 0.0476. The molecular weight excluding hydrogens is 553 g/mol. The molecule has 0 aliphatic carbocycles. The van der Waals surface area contributed by atoms with E-state index in [0.717, 1.165) is 30.5 Å². The minimum atomic E-state index is -4.50. The van der Waals surface area contributed by atoms with E-state index >= 15 is 0 Å². The van der Waals surface area contributed by atoms with Gasteiger partial charge >= 0.3 is 12.2 Å². The standard InChI is InChI=1S/C26H33F3N4O6S/c1-16-13-33(17(2)15-34)24(35)12-18-11-21(31-40(4,37)38)9-10-22(18)39-23(16)14-32(3)25(36)30-20-7-5-19(6-8-20)26(27,28)29/h5-11,16-17,23,31,34H,12-15H2,1-4H3,(H,30,36)/t16-,17-,23-/m0/s1. The summed E-state index contributed by atoms with van der Waals surface area (Å²) in [4.78, 5) is 28.9. The number of likely N-dealkylation sites (N-methyl/N-ethyl adjacent to an activating group) is 1. The van der Waals surface area contributed by atoms with E-state index in [2.05, 4.69) is 10.0 Å². The molecule has 0 spiro atoms. The largest absolute Gasteiger partial charge is 0.488 e. The fraction of sp³-hybridized carbons (Fsp3) is 0.462.